The van der Waals surface area contributed by atoms with Gasteiger partial charge in [0.25, 0.3) is 0 Å². The Balaban J connectivity index is 0. The molecule has 0 nitrogen and oxygen atoms in total. The predicted molar refractivity (Wildman–Crippen MR) is 47.8 cm³/mol. The van der Waals surface area contributed by atoms with Gasteiger partial charge < -0.3 is 5.92 Å². The molecular formula is C10H19Y-. The van der Waals surface area contributed by atoms with Gasteiger partial charge in [-0.05, 0) is 6.92 Å². The third-order valence-electron chi connectivity index (χ3n) is 1.36. The summed E-state index contributed by atoms with van der Waals surface area (Å²) in [5.74, 6) is 2.35. The summed E-state index contributed by atoms with van der Waals surface area (Å²) in [7, 11) is 0. The van der Waals surface area contributed by atoms with Crippen LogP contribution in [-0.2, 0) is 32.7 Å². The molecule has 0 saturated heterocycles. The van der Waals surface area contributed by atoms with Crippen molar-refractivity contribution in [3.8, 4) is 0 Å². The fourth-order valence-corrected chi connectivity index (χ4v) is 1.28. The Labute approximate surface area is 96.7 Å². The normalized spacial score (nSPS) is 10.0. The largest absolute Gasteiger partial charge is 0.313 e. The topological polar surface area (TPSA) is 0 Å². The Hall–Kier alpha value is 0.844. The third-order valence-corrected chi connectivity index (χ3v) is 1.36. The average molecular weight is 228 g/mol. The van der Waals surface area contributed by atoms with Gasteiger partial charge in [-0.15, -0.1) is 12.2 Å². The van der Waals surface area contributed by atoms with Crippen LogP contribution in [0.1, 0.15) is 40.5 Å². The maximum absolute atomic E-state index is 3.88. The van der Waals surface area contributed by atoms with Crippen molar-refractivity contribution in [3.63, 3.8) is 0 Å². The molecule has 0 aromatic heterocycles. The molecular weight excluding hydrogens is 209 g/mol. The summed E-state index contributed by atoms with van der Waals surface area (Å²) in [5, 5.41) is 0. The second-order valence-electron chi connectivity index (χ2n) is 3.69. The van der Waals surface area contributed by atoms with E-state index in [4.69, 9.17) is 0 Å². The molecule has 0 aromatic carbocycles. The predicted octanol–water partition coefficient (Wildman–Crippen LogP) is 3.59. The molecule has 0 aliphatic heterocycles. The third kappa shape index (κ3) is 10.8. The number of hydrogen-bond donors (Lipinski definition) is 0. The van der Waals surface area contributed by atoms with Crippen LogP contribution < -0.4 is 0 Å². The summed E-state index contributed by atoms with van der Waals surface area (Å²) in [6.45, 7) is 12.7. The first-order chi connectivity index (χ1) is 4.52. The van der Waals surface area contributed by atoms with Crippen LogP contribution >= 0.6 is 0 Å². The molecule has 0 amide bonds. The van der Waals surface area contributed by atoms with Gasteiger partial charge in [-0.3, -0.25) is 0 Å². The van der Waals surface area contributed by atoms with Crippen LogP contribution in [0.2, 0.25) is 0 Å². The standard InChI is InChI=1S/C10H19.Y/c1-8(2)6-10(5)7-9(3)4;/h9H,1,6-7H2,2-5H3;/q-1;. The molecule has 63 valence electrons. The van der Waals surface area contributed by atoms with Crippen molar-refractivity contribution in [2.24, 2.45) is 5.92 Å². The Morgan fingerprint density at radius 2 is 1.91 bits per heavy atom. The smallest absolute Gasteiger partial charge is 0 e. The van der Waals surface area contributed by atoms with Gasteiger partial charge in [-0.2, -0.15) is 19.8 Å². The summed E-state index contributed by atoms with van der Waals surface area (Å²) in [6, 6.07) is 0. The van der Waals surface area contributed by atoms with E-state index in [-0.39, 0.29) is 32.7 Å². The van der Waals surface area contributed by atoms with Crippen molar-refractivity contribution in [2.75, 3.05) is 0 Å². The molecule has 0 rings (SSSR count). The molecule has 0 saturated carbocycles. The van der Waals surface area contributed by atoms with Crippen LogP contribution in [-0.4, -0.2) is 0 Å². The van der Waals surface area contributed by atoms with E-state index in [1.54, 1.807) is 5.92 Å². The van der Waals surface area contributed by atoms with E-state index in [2.05, 4.69) is 34.3 Å². The van der Waals surface area contributed by atoms with Gasteiger partial charge in [0.1, 0.15) is 0 Å². The summed E-state index contributed by atoms with van der Waals surface area (Å²) in [6.07, 6.45) is 2.35. The summed E-state index contributed by atoms with van der Waals surface area (Å²) in [5.41, 5.74) is 1.28. The van der Waals surface area contributed by atoms with Crippen LogP contribution in [0.25, 0.3) is 0 Å². The molecule has 0 aliphatic rings. The minimum Gasteiger partial charge on any atom is -0.313 e. The molecule has 0 N–H and O–H groups in total. The van der Waals surface area contributed by atoms with Gasteiger partial charge in [0.2, 0.25) is 0 Å². The molecule has 1 heteroatoms. The van der Waals surface area contributed by atoms with E-state index in [0.29, 0.717) is 0 Å². The van der Waals surface area contributed by atoms with Gasteiger partial charge >= 0.3 is 0 Å². The SMILES string of the molecule is C=C(C)C[C-](C)CC(C)C.[Y]. The van der Waals surface area contributed by atoms with Gasteiger partial charge in [-0.1, -0.05) is 19.8 Å². The number of allylic oxidation sites excluding steroid dienone is 1. The second kappa shape index (κ2) is 7.49. The zero-order valence-electron chi connectivity index (χ0n) is 8.28. The molecule has 0 spiro atoms. The summed E-state index contributed by atoms with van der Waals surface area (Å²) >= 11 is 0. The Kier molecular flexibility index (Phi) is 9.79. The number of hydrogen-bond acceptors (Lipinski definition) is 0. The first kappa shape index (κ1) is 14.4. The quantitative estimate of drug-likeness (QED) is 0.509. The molecule has 0 bridgehead atoms. The average Bonchev–Trinajstić information content (AvgIpc) is 1.58. The molecule has 1 radical (unpaired) electrons. The fraction of sp³-hybridized carbons (Fsp3) is 0.700. The van der Waals surface area contributed by atoms with Crippen molar-refractivity contribution in [1.82, 2.24) is 0 Å². The van der Waals surface area contributed by atoms with Crippen molar-refractivity contribution in [1.29, 1.82) is 0 Å². The van der Waals surface area contributed by atoms with Crippen molar-refractivity contribution in [3.05, 3.63) is 18.1 Å². The van der Waals surface area contributed by atoms with Gasteiger partial charge in [-0.25, -0.2) is 0 Å². The Bertz CT molecular complexity index is 105. The minimum atomic E-state index is 0. The molecule has 11 heavy (non-hydrogen) atoms. The van der Waals surface area contributed by atoms with Crippen LogP contribution in [0.3, 0.4) is 0 Å². The van der Waals surface area contributed by atoms with E-state index < -0.39 is 0 Å². The maximum Gasteiger partial charge on any atom is 0 e. The maximum atomic E-state index is 3.88. The van der Waals surface area contributed by atoms with Crippen LogP contribution in [0.5, 0.6) is 0 Å². The van der Waals surface area contributed by atoms with Crippen molar-refractivity contribution >= 4 is 0 Å². The van der Waals surface area contributed by atoms with Crippen molar-refractivity contribution < 1.29 is 32.7 Å². The number of rotatable bonds is 4. The molecule has 0 fully saturated rings. The minimum absolute atomic E-state index is 0. The van der Waals surface area contributed by atoms with Gasteiger partial charge in [0.05, 0.1) is 0 Å². The molecule has 0 atom stereocenters. The summed E-state index contributed by atoms with van der Waals surface area (Å²) < 4.78 is 0. The van der Waals surface area contributed by atoms with E-state index >= 15 is 0 Å². The Morgan fingerprint density at radius 3 is 2.18 bits per heavy atom. The first-order valence-corrected chi connectivity index (χ1v) is 3.98. The van der Waals surface area contributed by atoms with Crippen molar-refractivity contribution in [2.45, 2.75) is 40.5 Å². The molecule has 0 aromatic rings. The molecule has 0 aliphatic carbocycles. The van der Waals surface area contributed by atoms with Crippen LogP contribution in [0.15, 0.2) is 12.2 Å². The fourth-order valence-electron chi connectivity index (χ4n) is 1.28. The van der Waals surface area contributed by atoms with E-state index in [1.165, 1.54) is 12.0 Å². The van der Waals surface area contributed by atoms with Gasteiger partial charge in [0.15, 0.2) is 0 Å². The van der Waals surface area contributed by atoms with E-state index in [0.717, 1.165) is 12.3 Å². The molecule has 0 unspecified atom stereocenters. The monoisotopic (exact) mass is 228 g/mol. The second-order valence-corrected chi connectivity index (χ2v) is 3.69. The van der Waals surface area contributed by atoms with Crippen LogP contribution in [0.4, 0.5) is 0 Å². The molecule has 0 heterocycles. The van der Waals surface area contributed by atoms with E-state index in [9.17, 15) is 0 Å². The Morgan fingerprint density at radius 1 is 1.45 bits per heavy atom. The van der Waals surface area contributed by atoms with E-state index in [1.807, 2.05) is 0 Å². The first-order valence-electron chi connectivity index (χ1n) is 3.98. The van der Waals surface area contributed by atoms with Crippen LogP contribution in [0, 0.1) is 11.8 Å². The zero-order chi connectivity index (χ0) is 8.15. The van der Waals surface area contributed by atoms with Gasteiger partial charge in [0, 0.05) is 32.7 Å². The zero-order valence-corrected chi connectivity index (χ0v) is 11.1. The summed E-state index contributed by atoms with van der Waals surface area (Å²) in [4.78, 5) is 0.